The van der Waals surface area contributed by atoms with Gasteiger partial charge in [0.15, 0.2) is 5.65 Å². The molecule has 0 saturated heterocycles. The number of nitrogens with one attached hydrogen (secondary N) is 1. The van der Waals surface area contributed by atoms with Crippen molar-refractivity contribution in [1.82, 2.24) is 19.9 Å². The van der Waals surface area contributed by atoms with Gasteiger partial charge in [0.25, 0.3) is 5.91 Å². The van der Waals surface area contributed by atoms with Gasteiger partial charge in [-0.05, 0) is 25.5 Å². The maximum Gasteiger partial charge on any atom is 0.264 e. The first-order valence-electron chi connectivity index (χ1n) is 6.99. The van der Waals surface area contributed by atoms with Crippen LogP contribution in [-0.2, 0) is 16.1 Å². The molecule has 1 amide bonds. The number of pyridine rings is 1. The van der Waals surface area contributed by atoms with E-state index in [1.54, 1.807) is 0 Å². The molecular weight excluding hydrogens is 270 g/mol. The van der Waals surface area contributed by atoms with Crippen molar-refractivity contribution in [2.75, 3.05) is 6.54 Å². The normalized spacial score (nSPS) is 17.6. The smallest absolute Gasteiger partial charge is 0.264 e. The fourth-order valence-electron chi connectivity index (χ4n) is 2.27. The van der Waals surface area contributed by atoms with E-state index in [0.29, 0.717) is 13.0 Å². The Morgan fingerprint density at radius 1 is 1.48 bits per heavy atom. The molecule has 0 fully saturated rings. The third-order valence-corrected chi connectivity index (χ3v) is 3.37. The lowest BCUT2D eigenvalue weighted by atomic mass is 10.2. The summed E-state index contributed by atoms with van der Waals surface area (Å²) in [6.45, 7) is 2.43. The summed E-state index contributed by atoms with van der Waals surface area (Å²) in [6.07, 6.45) is 3.59. The van der Waals surface area contributed by atoms with E-state index >= 15 is 0 Å². The van der Waals surface area contributed by atoms with Crippen LogP contribution in [0.25, 0.3) is 5.65 Å². The van der Waals surface area contributed by atoms with Crippen molar-refractivity contribution in [3.8, 4) is 0 Å². The van der Waals surface area contributed by atoms with Gasteiger partial charge in [0, 0.05) is 25.6 Å². The summed E-state index contributed by atoms with van der Waals surface area (Å²) in [7, 11) is 0. The second-order valence-corrected chi connectivity index (χ2v) is 5.06. The van der Waals surface area contributed by atoms with Crippen molar-refractivity contribution in [3.05, 3.63) is 30.2 Å². The van der Waals surface area contributed by atoms with Crippen LogP contribution < -0.4 is 5.32 Å². The van der Waals surface area contributed by atoms with Gasteiger partial charge < -0.3 is 10.2 Å². The van der Waals surface area contributed by atoms with Crippen LogP contribution in [0.5, 0.6) is 0 Å². The topological polar surface area (TPSA) is 80.9 Å². The van der Waals surface area contributed by atoms with E-state index in [1.165, 1.54) is 0 Å². The van der Waals surface area contributed by atoms with Gasteiger partial charge >= 0.3 is 0 Å². The van der Waals surface area contributed by atoms with Gasteiger partial charge in [-0.25, -0.2) is 0 Å². The van der Waals surface area contributed by atoms with Crippen molar-refractivity contribution >= 4 is 17.3 Å². The predicted octanol–water partition coefficient (Wildman–Crippen LogP) is 0.943. The fraction of sp³-hybridized carbons (Fsp3) is 0.429. The summed E-state index contributed by atoms with van der Waals surface area (Å²) >= 11 is 0. The molecule has 1 N–H and O–H groups in total. The largest absolute Gasteiger partial charge is 0.382 e. The summed E-state index contributed by atoms with van der Waals surface area (Å²) in [4.78, 5) is 16.9. The quantitative estimate of drug-likeness (QED) is 0.830. The number of rotatable bonds is 5. The van der Waals surface area contributed by atoms with Crippen LogP contribution in [0.3, 0.4) is 0 Å². The molecule has 2 aromatic rings. The molecule has 0 aliphatic carbocycles. The molecular formula is C14H17N5O2. The van der Waals surface area contributed by atoms with E-state index in [9.17, 15) is 4.79 Å². The molecule has 0 radical (unpaired) electrons. The second-order valence-electron chi connectivity index (χ2n) is 5.06. The number of hydrogen-bond donors (Lipinski definition) is 1. The Morgan fingerprint density at radius 2 is 2.38 bits per heavy atom. The highest BCUT2D eigenvalue weighted by Gasteiger charge is 2.25. The van der Waals surface area contributed by atoms with Gasteiger partial charge in [-0.1, -0.05) is 11.2 Å². The van der Waals surface area contributed by atoms with Crippen molar-refractivity contribution in [2.45, 2.75) is 32.3 Å². The Kier molecular flexibility index (Phi) is 3.81. The van der Waals surface area contributed by atoms with Crippen LogP contribution in [-0.4, -0.2) is 38.9 Å². The Balaban J connectivity index is 1.45. The van der Waals surface area contributed by atoms with E-state index in [1.807, 2.05) is 35.7 Å². The molecule has 0 aromatic carbocycles. The average molecular weight is 287 g/mol. The molecule has 3 heterocycles. The van der Waals surface area contributed by atoms with Crippen LogP contribution >= 0.6 is 0 Å². The summed E-state index contributed by atoms with van der Waals surface area (Å²) in [5, 5.41) is 14.9. The predicted molar refractivity (Wildman–Crippen MR) is 76.9 cm³/mol. The van der Waals surface area contributed by atoms with Gasteiger partial charge in [0.05, 0.1) is 5.71 Å². The van der Waals surface area contributed by atoms with Gasteiger partial charge in [-0.2, -0.15) is 0 Å². The Morgan fingerprint density at radius 3 is 3.19 bits per heavy atom. The van der Waals surface area contributed by atoms with Gasteiger partial charge in [-0.3, -0.25) is 9.20 Å². The molecule has 7 nitrogen and oxygen atoms in total. The van der Waals surface area contributed by atoms with Crippen LogP contribution in [0.4, 0.5) is 0 Å². The zero-order chi connectivity index (χ0) is 14.7. The van der Waals surface area contributed by atoms with E-state index in [-0.39, 0.29) is 5.91 Å². The van der Waals surface area contributed by atoms with Crippen molar-refractivity contribution in [2.24, 2.45) is 5.16 Å². The molecule has 1 atom stereocenters. The van der Waals surface area contributed by atoms with Gasteiger partial charge in [-0.15, -0.1) is 10.2 Å². The summed E-state index contributed by atoms with van der Waals surface area (Å²) in [5.41, 5.74) is 1.69. The molecule has 2 aromatic heterocycles. The fourth-order valence-corrected chi connectivity index (χ4v) is 2.27. The first-order valence-corrected chi connectivity index (χ1v) is 6.99. The van der Waals surface area contributed by atoms with E-state index in [4.69, 9.17) is 4.84 Å². The highest BCUT2D eigenvalue weighted by atomic mass is 16.6. The molecule has 0 spiro atoms. The van der Waals surface area contributed by atoms with E-state index in [2.05, 4.69) is 20.7 Å². The monoisotopic (exact) mass is 287 g/mol. The minimum atomic E-state index is -0.473. The third kappa shape index (κ3) is 3.01. The van der Waals surface area contributed by atoms with E-state index in [0.717, 1.165) is 30.0 Å². The average Bonchev–Trinajstić information content (AvgIpc) is 3.10. The van der Waals surface area contributed by atoms with Crippen LogP contribution in [0.1, 0.15) is 25.6 Å². The molecule has 0 saturated carbocycles. The van der Waals surface area contributed by atoms with Gasteiger partial charge in [0.1, 0.15) is 5.82 Å². The molecule has 7 heteroatoms. The Hall–Kier alpha value is -2.44. The zero-order valence-corrected chi connectivity index (χ0v) is 11.8. The number of carbonyl (C=O) groups is 1. The number of carbonyl (C=O) groups excluding carboxylic acids is 1. The van der Waals surface area contributed by atoms with Crippen LogP contribution in [0.2, 0.25) is 0 Å². The first kappa shape index (κ1) is 13.5. The van der Waals surface area contributed by atoms with Gasteiger partial charge in [0.2, 0.25) is 6.10 Å². The molecule has 21 heavy (non-hydrogen) atoms. The highest BCUT2D eigenvalue weighted by molar-refractivity contribution is 5.91. The van der Waals surface area contributed by atoms with Crippen molar-refractivity contribution in [1.29, 1.82) is 0 Å². The molecule has 0 unspecified atom stereocenters. The Labute approximate surface area is 122 Å². The number of nitrogens with zero attached hydrogens (tertiary/aromatic N) is 4. The SMILES string of the molecule is CC1=NO[C@H](C(=O)NCCCc2nnc3ccccn23)C1. The second kappa shape index (κ2) is 5.90. The maximum absolute atomic E-state index is 11.8. The minimum absolute atomic E-state index is 0.110. The lowest BCUT2D eigenvalue weighted by Gasteiger charge is -2.08. The van der Waals surface area contributed by atoms with Crippen molar-refractivity contribution < 1.29 is 9.63 Å². The van der Waals surface area contributed by atoms with E-state index < -0.39 is 6.10 Å². The molecule has 3 rings (SSSR count). The molecule has 1 aliphatic heterocycles. The summed E-state index contributed by atoms with van der Waals surface area (Å²) in [5.74, 6) is 0.790. The van der Waals surface area contributed by atoms with Crippen molar-refractivity contribution in [3.63, 3.8) is 0 Å². The number of hydrogen-bond acceptors (Lipinski definition) is 5. The zero-order valence-electron chi connectivity index (χ0n) is 11.8. The summed E-state index contributed by atoms with van der Waals surface area (Å²) in [6, 6.07) is 5.79. The number of fused-ring (bicyclic) bond motifs is 1. The minimum Gasteiger partial charge on any atom is -0.382 e. The highest BCUT2D eigenvalue weighted by Crippen LogP contribution is 2.10. The molecule has 1 aliphatic rings. The third-order valence-electron chi connectivity index (χ3n) is 3.37. The van der Waals surface area contributed by atoms with Crippen LogP contribution in [0.15, 0.2) is 29.6 Å². The molecule has 0 bridgehead atoms. The number of amides is 1. The number of aromatic nitrogens is 3. The molecule has 110 valence electrons. The first-order chi connectivity index (χ1) is 10.2. The summed E-state index contributed by atoms with van der Waals surface area (Å²) < 4.78 is 1.96. The lowest BCUT2D eigenvalue weighted by Crippen LogP contribution is -2.35. The Bertz CT molecular complexity index is 679. The number of oxime groups is 1. The standard InChI is InChI=1S/C14H17N5O2/c1-10-9-11(21-18-10)14(20)15-7-4-6-13-17-16-12-5-2-3-8-19(12)13/h2-3,5,8,11H,4,6-7,9H2,1H3,(H,15,20)/t11-/m0/s1. The lowest BCUT2D eigenvalue weighted by molar-refractivity contribution is -0.131. The number of aryl methyl sites for hydroxylation is 1. The van der Waals surface area contributed by atoms with Crippen LogP contribution in [0, 0.1) is 0 Å². The maximum atomic E-state index is 11.8.